The van der Waals surface area contributed by atoms with Crippen LogP contribution in [0.3, 0.4) is 0 Å². The molecule has 0 saturated heterocycles. The number of para-hydroxylation sites is 1. The van der Waals surface area contributed by atoms with Gasteiger partial charge in [-0.15, -0.1) is 0 Å². The summed E-state index contributed by atoms with van der Waals surface area (Å²) >= 11 is 0. The van der Waals surface area contributed by atoms with Gasteiger partial charge in [0.05, 0.1) is 0 Å². The van der Waals surface area contributed by atoms with Crippen LogP contribution in [0.25, 0.3) is 0 Å². The molecule has 21 heavy (non-hydrogen) atoms. The van der Waals surface area contributed by atoms with Crippen molar-refractivity contribution in [1.82, 2.24) is 14.9 Å². The Morgan fingerprint density at radius 2 is 2.19 bits per heavy atom. The zero-order valence-corrected chi connectivity index (χ0v) is 12.5. The number of benzene rings is 1. The minimum absolute atomic E-state index is 0.221. The number of nitrogens with one attached hydrogen (secondary N) is 1. The predicted octanol–water partition coefficient (Wildman–Crippen LogP) is 2.08. The van der Waals surface area contributed by atoms with Gasteiger partial charge in [0.25, 0.3) is 0 Å². The minimum atomic E-state index is 0.221. The highest BCUT2D eigenvalue weighted by Crippen LogP contribution is 2.38. The summed E-state index contributed by atoms with van der Waals surface area (Å²) in [7, 11) is 4.00. The Labute approximate surface area is 124 Å². The lowest BCUT2D eigenvalue weighted by molar-refractivity contribution is 0.168. The quantitative estimate of drug-likeness (QED) is 0.915. The summed E-state index contributed by atoms with van der Waals surface area (Å²) in [6.45, 7) is 1.23. The molecule has 1 aliphatic heterocycles. The van der Waals surface area contributed by atoms with E-state index in [4.69, 9.17) is 9.47 Å². The summed E-state index contributed by atoms with van der Waals surface area (Å²) in [6.07, 6.45) is 5.69. The van der Waals surface area contributed by atoms with Crippen LogP contribution in [-0.2, 0) is 13.5 Å². The fourth-order valence-corrected chi connectivity index (χ4v) is 2.74. The molecule has 0 aliphatic carbocycles. The van der Waals surface area contributed by atoms with E-state index in [9.17, 15) is 0 Å². The average molecular weight is 287 g/mol. The highest BCUT2D eigenvalue weighted by atomic mass is 16.6. The van der Waals surface area contributed by atoms with Gasteiger partial charge in [-0.3, -0.25) is 0 Å². The summed E-state index contributed by atoms with van der Waals surface area (Å²) in [5.74, 6) is 2.82. The minimum Gasteiger partial charge on any atom is -0.486 e. The second kappa shape index (κ2) is 6.18. The largest absolute Gasteiger partial charge is 0.486 e. The topological polar surface area (TPSA) is 48.3 Å². The van der Waals surface area contributed by atoms with E-state index in [0.29, 0.717) is 13.2 Å². The lowest BCUT2D eigenvalue weighted by Crippen LogP contribution is -2.22. The van der Waals surface area contributed by atoms with Gasteiger partial charge in [0, 0.05) is 37.5 Å². The first-order valence-electron chi connectivity index (χ1n) is 7.31. The van der Waals surface area contributed by atoms with Crippen LogP contribution in [0.1, 0.15) is 23.9 Å². The van der Waals surface area contributed by atoms with Crippen LogP contribution in [-0.4, -0.2) is 29.8 Å². The van der Waals surface area contributed by atoms with Crippen molar-refractivity contribution in [2.24, 2.45) is 7.05 Å². The third-order valence-corrected chi connectivity index (χ3v) is 3.90. The maximum Gasteiger partial charge on any atom is 0.166 e. The molecule has 2 heterocycles. The summed E-state index contributed by atoms with van der Waals surface area (Å²) < 4.78 is 13.5. The lowest BCUT2D eigenvalue weighted by Gasteiger charge is -2.25. The number of ether oxygens (including phenoxy) is 2. The van der Waals surface area contributed by atoms with E-state index in [-0.39, 0.29) is 6.04 Å². The van der Waals surface area contributed by atoms with Crippen molar-refractivity contribution in [3.8, 4) is 11.5 Å². The highest BCUT2D eigenvalue weighted by molar-refractivity contribution is 5.48. The maximum atomic E-state index is 5.81. The molecule has 1 atom stereocenters. The van der Waals surface area contributed by atoms with Crippen LogP contribution in [0.15, 0.2) is 30.6 Å². The summed E-state index contributed by atoms with van der Waals surface area (Å²) in [4.78, 5) is 4.38. The smallest absolute Gasteiger partial charge is 0.166 e. The fourth-order valence-electron chi connectivity index (χ4n) is 2.74. The molecule has 2 aromatic rings. The number of hydrogen-bond acceptors (Lipinski definition) is 4. The summed E-state index contributed by atoms with van der Waals surface area (Å²) in [5.41, 5.74) is 1.16. The fraction of sp³-hybridized carbons (Fsp3) is 0.438. The Hall–Kier alpha value is -2.01. The number of hydrogen-bond donors (Lipinski definition) is 1. The van der Waals surface area contributed by atoms with Crippen molar-refractivity contribution in [2.45, 2.75) is 18.9 Å². The molecule has 1 aliphatic rings. The molecule has 0 saturated carbocycles. The van der Waals surface area contributed by atoms with Crippen LogP contribution in [0.2, 0.25) is 0 Å². The zero-order chi connectivity index (χ0) is 14.7. The van der Waals surface area contributed by atoms with Gasteiger partial charge in [-0.25, -0.2) is 4.98 Å². The van der Waals surface area contributed by atoms with Gasteiger partial charge in [-0.05, 0) is 19.5 Å². The molecule has 0 bridgehead atoms. The van der Waals surface area contributed by atoms with Gasteiger partial charge in [0.1, 0.15) is 19.0 Å². The number of rotatable bonds is 5. The van der Waals surface area contributed by atoms with Gasteiger partial charge in [-0.2, -0.15) is 0 Å². The van der Waals surface area contributed by atoms with E-state index in [1.54, 1.807) is 0 Å². The molecule has 3 rings (SSSR count). The van der Waals surface area contributed by atoms with E-state index >= 15 is 0 Å². The third kappa shape index (κ3) is 2.88. The van der Waals surface area contributed by atoms with Gasteiger partial charge >= 0.3 is 0 Å². The second-order valence-corrected chi connectivity index (χ2v) is 5.21. The number of aryl methyl sites for hydroxylation is 2. The maximum absolute atomic E-state index is 5.81. The van der Waals surface area contributed by atoms with E-state index in [1.807, 2.05) is 38.6 Å². The van der Waals surface area contributed by atoms with Gasteiger partial charge in [-0.1, -0.05) is 12.1 Å². The van der Waals surface area contributed by atoms with Crippen molar-refractivity contribution in [3.05, 3.63) is 42.0 Å². The molecule has 1 aromatic carbocycles. The summed E-state index contributed by atoms with van der Waals surface area (Å²) in [6, 6.07) is 6.31. The molecule has 1 N–H and O–H groups in total. The molecule has 5 nitrogen and oxygen atoms in total. The Morgan fingerprint density at radius 1 is 1.33 bits per heavy atom. The van der Waals surface area contributed by atoms with Gasteiger partial charge in [0.2, 0.25) is 0 Å². The van der Waals surface area contributed by atoms with Crippen molar-refractivity contribution < 1.29 is 9.47 Å². The van der Waals surface area contributed by atoms with Gasteiger partial charge < -0.3 is 19.4 Å². The first kappa shape index (κ1) is 13.9. The van der Waals surface area contributed by atoms with Crippen LogP contribution < -0.4 is 14.8 Å². The molecular formula is C16H21N3O2. The number of aromatic nitrogens is 2. The SMILES string of the molecule is CNC(CCc1nccn1C)c1cccc2c1OCCO2. The highest BCUT2D eigenvalue weighted by Gasteiger charge is 2.21. The zero-order valence-electron chi connectivity index (χ0n) is 12.5. The average Bonchev–Trinajstić information content (AvgIpc) is 2.93. The Balaban J connectivity index is 1.78. The van der Waals surface area contributed by atoms with Crippen molar-refractivity contribution in [3.63, 3.8) is 0 Å². The molecular weight excluding hydrogens is 266 g/mol. The van der Waals surface area contributed by atoms with Crippen LogP contribution >= 0.6 is 0 Å². The molecule has 0 radical (unpaired) electrons. The van der Waals surface area contributed by atoms with Crippen molar-refractivity contribution in [2.75, 3.05) is 20.3 Å². The number of imidazole rings is 1. The lowest BCUT2D eigenvalue weighted by atomic mass is 10.00. The number of fused-ring (bicyclic) bond motifs is 1. The van der Waals surface area contributed by atoms with Gasteiger partial charge in [0.15, 0.2) is 11.5 Å². The van der Waals surface area contributed by atoms with E-state index in [0.717, 1.165) is 35.7 Å². The second-order valence-electron chi connectivity index (χ2n) is 5.21. The van der Waals surface area contributed by atoms with Crippen LogP contribution in [0.5, 0.6) is 11.5 Å². The number of nitrogens with zero attached hydrogens (tertiary/aromatic N) is 2. The van der Waals surface area contributed by atoms with Crippen LogP contribution in [0.4, 0.5) is 0 Å². The molecule has 1 aromatic heterocycles. The monoisotopic (exact) mass is 287 g/mol. The van der Waals surface area contributed by atoms with Crippen molar-refractivity contribution in [1.29, 1.82) is 0 Å². The Bertz CT molecular complexity index is 609. The molecule has 112 valence electrons. The molecule has 5 heteroatoms. The predicted molar refractivity (Wildman–Crippen MR) is 80.8 cm³/mol. The van der Waals surface area contributed by atoms with E-state index < -0.39 is 0 Å². The Morgan fingerprint density at radius 3 is 2.95 bits per heavy atom. The molecule has 0 spiro atoms. The molecule has 0 amide bonds. The third-order valence-electron chi connectivity index (χ3n) is 3.90. The molecule has 1 unspecified atom stereocenters. The standard InChI is InChI=1S/C16H21N3O2/c1-17-13(6-7-15-18-8-9-19(15)2)12-4-3-5-14-16(12)21-11-10-20-14/h3-5,8-9,13,17H,6-7,10-11H2,1-2H3. The van der Waals surface area contributed by atoms with E-state index in [2.05, 4.69) is 20.9 Å². The first-order valence-corrected chi connectivity index (χ1v) is 7.31. The van der Waals surface area contributed by atoms with Crippen molar-refractivity contribution >= 4 is 0 Å². The Kier molecular flexibility index (Phi) is 4.10. The summed E-state index contributed by atoms with van der Waals surface area (Å²) in [5, 5.41) is 3.38. The normalized spacial score (nSPS) is 15.0. The first-order chi connectivity index (χ1) is 10.3. The van der Waals surface area contributed by atoms with Crippen LogP contribution in [0, 0.1) is 0 Å². The molecule has 0 fully saturated rings. The van der Waals surface area contributed by atoms with E-state index in [1.165, 1.54) is 0 Å².